The Bertz CT molecular complexity index is 1520. The van der Waals surface area contributed by atoms with Crippen molar-refractivity contribution in [2.24, 2.45) is 0 Å². The number of anilines is 3. The number of rotatable bonds is 6. The summed E-state index contributed by atoms with van der Waals surface area (Å²) < 4.78 is 45.3. The van der Waals surface area contributed by atoms with Gasteiger partial charge in [0.25, 0.3) is 5.91 Å². The molecule has 0 unspecified atom stereocenters. The van der Waals surface area contributed by atoms with Gasteiger partial charge in [-0.2, -0.15) is 13.2 Å². The molecular weight excluding hydrogens is 525 g/mol. The fourth-order valence-corrected chi connectivity index (χ4v) is 4.53. The monoisotopic (exact) mass is 542 g/mol. The largest absolute Gasteiger partial charge is 0.426 e. The Labute approximate surface area is 216 Å². The van der Waals surface area contributed by atoms with Gasteiger partial charge in [-0.1, -0.05) is 17.4 Å². The lowest BCUT2D eigenvalue weighted by molar-refractivity contribution is -0.136. The number of aromatic nitrogens is 6. The van der Waals surface area contributed by atoms with Crippen molar-refractivity contribution in [2.45, 2.75) is 32.1 Å². The van der Waals surface area contributed by atoms with E-state index >= 15 is 0 Å². The Morgan fingerprint density at radius 1 is 1.26 bits per heavy atom. The lowest BCUT2D eigenvalue weighted by Crippen LogP contribution is -2.32. The molecule has 0 aliphatic carbocycles. The molecule has 194 valence electrons. The summed E-state index contributed by atoms with van der Waals surface area (Å²) in [7, 11) is 0. The molecule has 1 amide bonds. The fourth-order valence-electron chi connectivity index (χ4n) is 3.88. The molecule has 0 bridgehead atoms. The lowest BCUT2D eigenvalue weighted by Gasteiger charge is -2.31. The van der Waals surface area contributed by atoms with Crippen LogP contribution in [0.2, 0.25) is 0 Å². The zero-order valence-electron chi connectivity index (χ0n) is 19.5. The van der Waals surface area contributed by atoms with Gasteiger partial charge in [0.2, 0.25) is 22.4 Å². The van der Waals surface area contributed by atoms with Gasteiger partial charge >= 0.3 is 6.18 Å². The Morgan fingerprint density at radius 2 is 2.11 bits per heavy atom. The second-order valence-corrected chi connectivity index (χ2v) is 9.12. The number of nitrogens with one attached hydrogen (secondary N) is 2. The van der Waals surface area contributed by atoms with Crippen molar-refractivity contribution in [1.82, 2.24) is 35.7 Å². The molecule has 5 rings (SSSR count). The van der Waals surface area contributed by atoms with Gasteiger partial charge in [0, 0.05) is 17.8 Å². The molecule has 4 heterocycles. The molecule has 16 heteroatoms. The Morgan fingerprint density at radius 3 is 2.84 bits per heavy atom. The van der Waals surface area contributed by atoms with E-state index < -0.39 is 29.4 Å². The molecule has 1 aliphatic heterocycles. The van der Waals surface area contributed by atoms with Crippen LogP contribution in [0.1, 0.15) is 45.5 Å². The molecule has 3 aromatic heterocycles. The van der Waals surface area contributed by atoms with Gasteiger partial charge in [-0.05, 0) is 25.5 Å². The van der Waals surface area contributed by atoms with E-state index in [1.807, 2.05) is 0 Å². The van der Waals surface area contributed by atoms with Crippen molar-refractivity contribution in [3.63, 3.8) is 0 Å². The van der Waals surface area contributed by atoms with Crippen LogP contribution >= 0.6 is 11.3 Å². The van der Waals surface area contributed by atoms with Crippen LogP contribution in [0.5, 0.6) is 0 Å². The number of hydrogen-bond donors (Lipinski definition) is 2. The first-order valence-electron chi connectivity index (χ1n) is 11.1. The van der Waals surface area contributed by atoms with E-state index in [0.29, 0.717) is 35.3 Å². The zero-order valence-corrected chi connectivity index (χ0v) is 20.3. The lowest BCUT2D eigenvalue weighted by atomic mass is 10.0. The van der Waals surface area contributed by atoms with E-state index in [9.17, 15) is 18.0 Å². The molecule has 0 spiro atoms. The molecule has 2 N–H and O–H groups in total. The summed E-state index contributed by atoms with van der Waals surface area (Å²) in [4.78, 5) is 25.8. The van der Waals surface area contributed by atoms with Gasteiger partial charge in [0.1, 0.15) is 18.2 Å². The molecule has 0 saturated carbocycles. The van der Waals surface area contributed by atoms with Gasteiger partial charge in [0.15, 0.2) is 5.69 Å². The highest BCUT2D eigenvalue weighted by Gasteiger charge is 2.34. The molecule has 1 aromatic carbocycles. The van der Waals surface area contributed by atoms with Crippen LogP contribution in [0.4, 0.5) is 35.5 Å². The summed E-state index contributed by atoms with van der Waals surface area (Å²) in [5.74, 6) is 0.250. The zero-order chi connectivity index (χ0) is 26.9. The van der Waals surface area contributed by atoms with E-state index in [1.54, 1.807) is 11.8 Å². The Balaban J connectivity index is 1.30. The number of amides is 1. The first kappa shape index (κ1) is 25.0. The number of carbonyl (C=O) groups excluding carboxylic acids is 1. The SMILES string of the molecule is [C-]#[N+]c1ccc(N2CCc3c(ncnc3Nc3nnc(C(=O)N[C@H](C)c4nnco4)s3)C2)cc1C(F)(F)F. The van der Waals surface area contributed by atoms with Gasteiger partial charge < -0.3 is 20.0 Å². The van der Waals surface area contributed by atoms with Crippen molar-refractivity contribution in [1.29, 1.82) is 0 Å². The van der Waals surface area contributed by atoms with Crippen molar-refractivity contribution >= 4 is 39.6 Å². The molecule has 1 atom stereocenters. The van der Waals surface area contributed by atoms with Crippen LogP contribution in [0.15, 0.2) is 35.3 Å². The number of fused-ring (bicyclic) bond motifs is 1. The second kappa shape index (κ2) is 10.0. The molecule has 12 nitrogen and oxygen atoms in total. The van der Waals surface area contributed by atoms with E-state index in [-0.39, 0.29) is 17.4 Å². The Hall–Kier alpha value is -4.65. The minimum atomic E-state index is -4.63. The normalized spacial score (nSPS) is 13.9. The number of nitrogens with zero attached hydrogens (tertiary/aromatic N) is 8. The van der Waals surface area contributed by atoms with Gasteiger partial charge in [0.05, 0.1) is 24.4 Å². The van der Waals surface area contributed by atoms with E-state index in [0.717, 1.165) is 29.4 Å². The summed E-state index contributed by atoms with van der Waals surface area (Å²) in [5.41, 5.74) is 0.347. The summed E-state index contributed by atoms with van der Waals surface area (Å²) in [5, 5.41) is 21.4. The fraction of sp³-hybridized carbons (Fsp3) is 0.273. The third-order valence-corrected chi connectivity index (χ3v) is 6.56. The number of hydrogen-bond acceptors (Lipinski definition) is 11. The van der Waals surface area contributed by atoms with Crippen LogP contribution < -0.4 is 15.5 Å². The van der Waals surface area contributed by atoms with Gasteiger partial charge in [-0.25, -0.2) is 14.8 Å². The highest BCUT2D eigenvalue weighted by Crippen LogP contribution is 2.39. The van der Waals surface area contributed by atoms with Crippen LogP contribution in [0, 0.1) is 6.57 Å². The maximum Gasteiger partial charge on any atom is 0.407 e. The average Bonchev–Trinajstić information content (AvgIpc) is 3.61. The van der Waals surface area contributed by atoms with Crippen molar-refractivity contribution in [3.05, 3.63) is 70.1 Å². The quantitative estimate of drug-likeness (QED) is 0.343. The highest BCUT2D eigenvalue weighted by molar-refractivity contribution is 7.17. The summed E-state index contributed by atoms with van der Waals surface area (Å²) in [6.45, 7) is 9.36. The first-order chi connectivity index (χ1) is 18.2. The highest BCUT2D eigenvalue weighted by atomic mass is 32.1. The van der Waals surface area contributed by atoms with Crippen molar-refractivity contribution < 1.29 is 22.4 Å². The predicted octanol–water partition coefficient (Wildman–Crippen LogP) is 4.08. The van der Waals surface area contributed by atoms with Crippen molar-refractivity contribution in [3.8, 4) is 0 Å². The molecule has 38 heavy (non-hydrogen) atoms. The molecule has 0 fully saturated rings. The van der Waals surface area contributed by atoms with Crippen LogP contribution in [-0.4, -0.2) is 42.8 Å². The minimum Gasteiger partial charge on any atom is -0.426 e. The smallest absolute Gasteiger partial charge is 0.407 e. The number of carbonyl (C=O) groups is 1. The summed E-state index contributed by atoms with van der Waals surface area (Å²) in [6.07, 6.45) is -1.68. The summed E-state index contributed by atoms with van der Waals surface area (Å²) in [6, 6.07) is 3.15. The minimum absolute atomic E-state index is 0.108. The van der Waals surface area contributed by atoms with Crippen LogP contribution in [0.3, 0.4) is 0 Å². The number of benzene rings is 1. The molecule has 1 aliphatic rings. The number of alkyl halides is 3. The maximum absolute atomic E-state index is 13.4. The molecule has 0 radical (unpaired) electrons. The van der Waals surface area contributed by atoms with Gasteiger partial charge in [-0.15, -0.1) is 20.4 Å². The van der Waals surface area contributed by atoms with Gasteiger partial charge in [-0.3, -0.25) is 4.79 Å². The Kier molecular flexibility index (Phi) is 6.59. The topological polar surface area (TPSA) is 139 Å². The van der Waals surface area contributed by atoms with Crippen molar-refractivity contribution in [2.75, 3.05) is 16.8 Å². The molecular formula is C22H17F3N10O2S. The number of halogens is 3. The standard InChI is InChI=1S/C22H17F3N10O2S/c1-11(19-32-29-10-37-19)30-18(36)20-33-34-21(38-20)31-17-13-5-6-35(8-16(13)27-9-28-17)12-3-4-15(26-2)14(7-12)22(23,24)25/h3-4,7,9-11H,5-6,8H2,1H3,(H,30,36)(H,27,28,31,34)/t11-/m1/s1. The van der Waals surface area contributed by atoms with Crippen LogP contribution in [0.25, 0.3) is 4.85 Å². The average molecular weight is 543 g/mol. The maximum atomic E-state index is 13.4. The third kappa shape index (κ3) is 5.09. The van der Waals surface area contributed by atoms with E-state index in [1.165, 1.54) is 18.5 Å². The van der Waals surface area contributed by atoms with E-state index in [4.69, 9.17) is 11.0 Å². The second-order valence-electron chi connectivity index (χ2n) is 8.14. The van der Waals surface area contributed by atoms with E-state index in [2.05, 4.69) is 45.8 Å². The summed E-state index contributed by atoms with van der Waals surface area (Å²) >= 11 is 1.02. The third-order valence-electron chi connectivity index (χ3n) is 5.72. The van der Waals surface area contributed by atoms with Crippen LogP contribution in [-0.2, 0) is 19.1 Å². The first-order valence-corrected chi connectivity index (χ1v) is 11.9. The molecule has 4 aromatic rings. The predicted molar refractivity (Wildman–Crippen MR) is 128 cm³/mol. The molecule has 0 saturated heterocycles.